The molecule has 35 heavy (non-hydrogen) atoms. The summed E-state index contributed by atoms with van der Waals surface area (Å²) in [5, 5.41) is 1.63. The summed E-state index contributed by atoms with van der Waals surface area (Å²) < 4.78 is 62.5. The zero-order valence-electron chi connectivity index (χ0n) is 20.9. The van der Waals surface area contributed by atoms with E-state index in [1.54, 1.807) is 32.9 Å². The fraction of sp³-hybridized carbons (Fsp3) is 0.440. The summed E-state index contributed by atoms with van der Waals surface area (Å²) in [4.78, 5) is 16.2. The first-order valence-corrected chi connectivity index (χ1v) is 12.7. The van der Waals surface area contributed by atoms with Crippen molar-refractivity contribution in [3.05, 3.63) is 70.8 Å². The van der Waals surface area contributed by atoms with Crippen LogP contribution in [0.5, 0.6) is 0 Å². The molecule has 3 rings (SSSR count). The number of carbonyl (C=O) groups excluding carboxylic acids is 1. The van der Waals surface area contributed by atoms with Gasteiger partial charge in [-0.3, -0.25) is 0 Å². The predicted octanol–water partition coefficient (Wildman–Crippen LogP) is 5.20. The lowest BCUT2D eigenvalue weighted by Crippen LogP contribution is -2.63. The molecule has 7 nitrogen and oxygen atoms in total. The van der Waals surface area contributed by atoms with E-state index in [9.17, 15) is 17.6 Å². The monoisotopic (exact) mass is 507 g/mol. The molecule has 0 bridgehead atoms. The van der Waals surface area contributed by atoms with Crippen LogP contribution in [0.2, 0.25) is 0 Å². The van der Waals surface area contributed by atoms with E-state index in [1.165, 1.54) is 20.0 Å². The van der Waals surface area contributed by atoms with Gasteiger partial charge in [0.05, 0.1) is 5.54 Å². The second kappa shape index (κ2) is 9.22. The molecule has 190 valence electrons. The number of benzene rings is 2. The first kappa shape index (κ1) is 26.6. The summed E-state index contributed by atoms with van der Waals surface area (Å²) in [7, 11) is -2.99. The predicted molar refractivity (Wildman–Crippen MR) is 130 cm³/mol. The van der Waals surface area contributed by atoms with Crippen LogP contribution < -0.4 is 5.32 Å². The van der Waals surface area contributed by atoms with Crippen molar-refractivity contribution in [2.75, 3.05) is 7.05 Å². The van der Waals surface area contributed by atoms with Crippen molar-refractivity contribution in [2.45, 2.75) is 63.9 Å². The molecule has 1 fully saturated rings. The Kier molecular flexibility index (Phi) is 7.00. The van der Waals surface area contributed by atoms with Crippen molar-refractivity contribution in [1.29, 1.82) is 0 Å². The van der Waals surface area contributed by atoms with Crippen LogP contribution in [0.25, 0.3) is 0 Å². The first-order chi connectivity index (χ1) is 16.1. The molecule has 2 atom stereocenters. The van der Waals surface area contributed by atoms with Gasteiger partial charge in [0.25, 0.3) is 0 Å². The molecule has 0 aromatic heterocycles. The lowest BCUT2D eigenvalue weighted by Gasteiger charge is -2.46. The highest BCUT2D eigenvalue weighted by atomic mass is 32.2. The maximum Gasteiger partial charge on any atom is 0.437 e. The fourth-order valence-electron chi connectivity index (χ4n) is 4.10. The molecule has 2 aromatic rings. The van der Waals surface area contributed by atoms with Crippen molar-refractivity contribution in [3.8, 4) is 0 Å². The van der Waals surface area contributed by atoms with Crippen LogP contribution in [-0.4, -0.2) is 37.4 Å². The maximum absolute atomic E-state index is 15.1. The molecule has 1 aliphatic rings. The number of carbonyl (C=O) groups is 1. The van der Waals surface area contributed by atoms with Gasteiger partial charge in [0.1, 0.15) is 22.5 Å². The van der Waals surface area contributed by atoms with Crippen molar-refractivity contribution in [1.82, 2.24) is 9.62 Å². The quantitative estimate of drug-likeness (QED) is 0.617. The molecule has 2 aromatic carbocycles. The number of nitrogens with zero attached hydrogens (tertiary/aromatic N) is 2. The van der Waals surface area contributed by atoms with E-state index in [4.69, 9.17) is 4.74 Å². The summed E-state index contributed by atoms with van der Waals surface area (Å²) in [6.07, 6.45) is -1.01. The molecule has 0 unspecified atom stereocenters. The van der Waals surface area contributed by atoms with Crippen LogP contribution in [0.4, 0.5) is 13.6 Å². The van der Waals surface area contributed by atoms with E-state index in [-0.39, 0.29) is 17.4 Å². The summed E-state index contributed by atoms with van der Waals surface area (Å²) in [5.41, 5.74) is -1.20. The lowest BCUT2D eigenvalue weighted by molar-refractivity contribution is 0.0601. The van der Waals surface area contributed by atoms with E-state index in [0.29, 0.717) is 11.6 Å². The van der Waals surface area contributed by atoms with Gasteiger partial charge in [-0.2, -0.15) is 0 Å². The van der Waals surface area contributed by atoms with Crippen molar-refractivity contribution in [2.24, 2.45) is 4.99 Å². The molecule has 1 aliphatic heterocycles. The van der Waals surface area contributed by atoms with Gasteiger partial charge in [0, 0.05) is 18.7 Å². The van der Waals surface area contributed by atoms with Crippen LogP contribution >= 0.6 is 0 Å². The normalized spacial score (nSPS) is 23.3. The number of ether oxygens (including phenoxy) is 1. The molecule has 0 saturated carbocycles. The summed E-state index contributed by atoms with van der Waals surface area (Å²) in [5.74, 6) is -1.84. The van der Waals surface area contributed by atoms with Crippen molar-refractivity contribution < 1.29 is 26.7 Å². The third kappa shape index (κ3) is 5.32. The van der Waals surface area contributed by atoms with Crippen LogP contribution in [0, 0.1) is 11.6 Å². The van der Waals surface area contributed by atoms with Gasteiger partial charge in [0.2, 0.25) is 16.0 Å². The minimum atomic E-state index is -4.24. The average Bonchev–Trinajstić information content (AvgIpc) is 2.70. The highest BCUT2D eigenvalue weighted by Crippen LogP contribution is 2.45. The number of hydrogen-bond donors (Lipinski definition) is 1. The van der Waals surface area contributed by atoms with E-state index in [2.05, 4.69) is 10.3 Å². The van der Waals surface area contributed by atoms with E-state index < -0.39 is 44.1 Å². The first-order valence-electron chi connectivity index (χ1n) is 11.2. The Morgan fingerprint density at radius 3 is 2.26 bits per heavy atom. The van der Waals surface area contributed by atoms with Gasteiger partial charge in [0.15, 0.2) is 0 Å². The Balaban J connectivity index is 2.23. The Bertz CT molecular complexity index is 1250. The van der Waals surface area contributed by atoms with Crippen LogP contribution in [0.15, 0.2) is 47.5 Å². The molecular weight excluding hydrogens is 476 g/mol. The molecule has 1 N–H and O–H groups in total. The average molecular weight is 508 g/mol. The van der Waals surface area contributed by atoms with Crippen LogP contribution in [0.1, 0.15) is 69.4 Å². The molecule has 10 heteroatoms. The smallest absolute Gasteiger partial charge is 0.437 e. The highest BCUT2D eigenvalue weighted by Gasteiger charge is 2.54. The molecular formula is C25H31F2N3O4S. The van der Waals surface area contributed by atoms with E-state index >= 15 is 4.39 Å². The Morgan fingerprint density at radius 1 is 1.14 bits per heavy atom. The number of nitrogens with one attached hydrogen (secondary N) is 1. The SMILES string of the molecule is CC(C)c1ccc([C@H]2[C@@](C)(c3ccc(F)cc3F)N/C(=N\C(=O)OC(C)(C)C)N(C)S2(=O)=O)cc1. The minimum absolute atomic E-state index is 0.0922. The number of amides is 1. The number of aliphatic imine (C=N–C) groups is 1. The minimum Gasteiger partial charge on any atom is -0.442 e. The molecule has 1 heterocycles. The van der Waals surface area contributed by atoms with Gasteiger partial charge < -0.3 is 10.1 Å². The number of halogens is 2. The fourth-order valence-corrected chi connectivity index (χ4v) is 6.03. The number of hydrogen-bond acceptors (Lipinski definition) is 4. The number of sulfonamides is 1. The third-order valence-electron chi connectivity index (χ3n) is 5.86. The van der Waals surface area contributed by atoms with Crippen molar-refractivity contribution in [3.63, 3.8) is 0 Å². The van der Waals surface area contributed by atoms with Crippen molar-refractivity contribution >= 4 is 22.1 Å². The summed E-state index contributed by atoms with van der Waals surface area (Å²) in [6.45, 7) is 10.5. The Labute approximate surface area is 205 Å². The second-order valence-electron chi connectivity index (χ2n) is 10.1. The Morgan fingerprint density at radius 2 is 1.74 bits per heavy atom. The van der Waals surface area contributed by atoms with Gasteiger partial charge in [-0.15, -0.1) is 4.99 Å². The van der Waals surface area contributed by atoms with Gasteiger partial charge in [-0.05, 0) is 50.8 Å². The molecule has 0 spiro atoms. The maximum atomic E-state index is 15.1. The van der Waals surface area contributed by atoms with Gasteiger partial charge >= 0.3 is 6.09 Å². The summed E-state index contributed by atoms with van der Waals surface area (Å²) in [6, 6.07) is 9.95. The second-order valence-corrected chi connectivity index (χ2v) is 12.1. The standard InChI is InChI=1S/C25H31F2N3O4S/c1-15(2)16-8-10-17(11-9-16)21-25(6,19-13-12-18(26)14-20(19)27)29-22(30(7)35(21,32)33)28-23(31)34-24(3,4)5/h8-15,21H,1-7H3,(H,28,29,31)/t21-,25+/m0/s1. The zero-order chi connectivity index (χ0) is 26.3. The lowest BCUT2D eigenvalue weighted by atomic mass is 9.84. The third-order valence-corrected chi connectivity index (χ3v) is 8.14. The zero-order valence-corrected chi connectivity index (χ0v) is 21.7. The van der Waals surface area contributed by atoms with E-state index in [0.717, 1.165) is 15.9 Å². The van der Waals surface area contributed by atoms with E-state index in [1.807, 2.05) is 26.0 Å². The highest BCUT2D eigenvalue weighted by molar-refractivity contribution is 7.90. The summed E-state index contributed by atoms with van der Waals surface area (Å²) >= 11 is 0. The largest absolute Gasteiger partial charge is 0.442 e. The molecule has 1 amide bonds. The molecule has 1 saturated heterocycles. The number of rotatable bonds is 3. The van der Waals surface area contributed by atoms with Crippen LogP contribution in [-0.2, 0) is 20.3 Å². The topological polar surface area (TPSA) is 88.1 Å². The van der Waals surface area contributed by atoms with Crippen LogP contribution in [0.3, 0.4) is 0 Å². The Hall–Kier alpha value is -3.01. The van der Waals surface area contributed by atoms with Gasteiger partial charge in [-0.25, -0.2) is 26.3 Å². The van der Waals surface area contributed by atoms with Gasteiger partial charge in [-0.1, -0.05) is 44.2 Å². The molecule has 0 aliphatic carbocycles. The number of guanidine groups is 1. The molecule has 0 radical (unpaired) electrons.